The van der Waals surface area contributed by atoms with Crippen molar-refractivity contribution in [2.75, 3.05) is 14.2 Å². The molecule has 10 heteroatoms. The number of hydrogen-bond acceptors (Lipinski definition) is 8. The summed E-state index contributed by atoms with van der Waals surface area (Å²) in [7, 11) is 2.93. The van der Waals surface area contributed by atoms with Gasteiger partial charge in [-0.2, -0.15) is 5.10 Å². The van der Waals surface area contributed by atoms with Gasteiger partial charge in [0.2, 0.25) is 4.96 Å². The summed E-state index contributed by atoms with van der Waals surface area (Å²) in [5.74, 6) is -0.345. The minimum atomic E-state index is -0.345. The lowest BCUT2D eigenvalue weighted by molar-refractivity contribution is -0.114. The van der Waals surface area contributed by atoms with E-state index in [2.05, 4.69) is 25.7 Å². The van der Waals surface area contributed by atoms with E-state index >= 15 is 0 Å². The molecule has 3 rings (SSSR count). The molecule has 0 saturated heterocycles. The predicted octanol–water partition coefficient (Wildman–Crippen LogP) is 1.94. The summed E-state index contributed by atoms with van der Waals surface area (Å²) in [6.45, 7) is 2.21. The molecule has 1 amide bonds. The molecule has 0 spiro atoms. The van der Waals surface area contributed by atoms with Gasteiger partial charge in [0.1, 0.15) is 20.0 Å². The standard InChI is InChI=1S/C18H20N6O3S/c1-12-15(24-18(28-12)20-11-21-24)8-9-22-27-10-13-6-4-5-7-14(13)16(23-26-3)17(25)19-2/h4-7,9,11H,8,10H2,1-3H3,(H,19,25)/b22-9?,23-16+. The van der Waals surface area contributed by atoms with E-state index in [-0.39, 0.29) is 18.2 Å². The number of thiazole rings is 1. The van der Waals surface area contributed by atoms with Crippen LogP contribution in [0.4, 0.5) is 0 Å². The van der Waals surface area contributed by atoms with E-state index in [0.29, 0.717) is 12.0 Å². The highest BCUT2D eigenvalue weighted by molar-refractivity contribution is 7.17. The van der Waals surface area contributed by atoms with Gasteiger partial charge in [-0.15, -0.1) is 0 Å². The summed E-state index contributed by atoms with van der Waals surface area (Å²) in [6, 6.07) is 7.31. The zero-order valence-corrected chi connectivity index (χ0v) is 16.6. The first kappa shape index (κ1) is 19.5. The number of rotatable bonds is 8. The van der Waals surface area contributed by atoms with Crippen LogP contribution in [0, 0.1) is 6.92 Å². The SMILES string of the molecule is CNC(=O)/C(=N/OC)c1ccccc1CON=CCc1c(C)sc2ncnn12. The van der Waals surface area contributed by atoms with Crippen molar-refractivity contribution in [2.24, 2.45) is 10.3 Å². The van der Waals surface area contributed by atoms with E-state index in [1.54, 1.807) is 28.1 Å². The Morgan fingerprint density at radius 1 is 1.39 bits per heavy atom. The van der Waals surface area contributed by atoms with Crippen molar-refractivity contribution in [2.45, 2.75) is 20.0 Å². The zero-order chi connectivity index (χ0) is 19.9. The molecule has 0 radical (unpaired) electrons. The molecule has 0 fully saturated rings. The van der Waals surface area contributed by atoms with Crippen LogP contribution in [-0.4, -0.2) is 46.6 Å². The monoisotopic (exact) mass is 400 g/mol. The van der Waals surface area contributed by atoms with Crippen LogP contribution in [0.5, 0.6) is 0 Å². The zero-order valence-electron chi connectivity index (χ0n) is 15.7. The Balaban J connectivity index is 1.67. The second kappa shape index (κ2) is 9.09. The summed E-state index contributed by atoms with van der Waals surface area (Å²) in [4.78, 5) is 28.5. The van der Waals surface area contributed by atoms with E-state index in [0.717, 1.165) is 21.1 Å². The maximum absolute atomic E-state index is 12.1. The van der Waals surface area contributed by atoms with Crippen molar-refractivity contribution in [1.29, 1.82) is 0 Å². The van der Waals surface area contributed by atoms with Crippen LogP contribution < -0.4 is 5.32 Å². The summed E-state index contributed by atoms with van der Waals surface area (Å²) in [6.07, 6.45) is 3.79. The van der Waals surface area contributed by atoms with E-state index in [9.17, 15) is 4.79 Å². The minimum absolute atomic E-state index is 0.177. The third-order valence-corrected chi connectivity index (χ3v) is 4.98. The molecule has 1 N–H and O–H groups in total. The molecular formula is C18H20N6O3S. The first-order valence-electron chi connectivity index (χ1n) is 8.49. The summed E-state index contributed by atoms with van der Waals surface area (Å²) in [5, 5.41) is 14.6. The summed E-state index contributed by atoms with van der Waals surface area (Å²) >= 11 is 1.58. The molecule has 2 heterocycles. The van der Waals surface area contributed by atoms with Crippen molar-refractivity contribution in [3.63, 3.8) is 0 Å². The van der Waals surface area contributed by atoms with Crippen LogP contribution in [0.25, 0.3) is 4.96 Å². The molecule has 9 nitrogen and oxygen atoms in total. The lowest BCUT2D eigenvalue weighted by Gasteiger charge is -2.09. The van der Waals surface area contributed by atoms with Crippen molar-refractivity contribution in [1.82, 2.24) is 19.9 Å². The Morgan fingerprint density at radius 3 is 3.00 bits per heavy atom. The molecule has 2 aromatic heterocycles. The molecule has 0 aliphatic rings. The van der Waals surface area contributed by atoms with Crippen molar-refractivity contribution in [3.8, 4) is 0 Å². The van der Waals surface area contributed by atoms with Crippen LogP contribution in [0.3, 0.4) is 0 Å². The number of fused-ring (bicyclic) bond motifs is 1. The van der Waals surface area contributed by atoms with E-state index in [1.807, 2.05) is 25.1 Å². The third kappa shape index (κ3) is 4.17. The quantitative estimate of drug-likeness (QED) is 0.460. The molecule has 0 aliphatic carbocycles. The predicted molar refractivity (Wildman–Crippen MR) is 107 cm³/mol. The number of oxime groups is 2. The number of nitrogens with zero attached hydrogens (tertiary/aromatic N) is 5. The number of benzene rings is 1. The molecular weight excluding hydrogens is 380 g/mol. The number of amides is 1. The maximum Gasteiger partial charge on any atom is 0.273 e. The van der Waals surface area contributed by atoms with Gasteiger partial charge in [-0.3, -0.25) is 4.79 Å². The fourth-order valence-corrected chi connectivity index (χ4v) is 3.55. The molecule has 0 saturated carbocycles. The van der Waals surface area contributed by atoms with Gasteiger partial charge in [-0.05, 0) is 6.92 Å². The fraction of sp³-hybridized carbons (Fsp3) is 0.278. The van der Waals surface area contributed by atoms with Gasteiger partial charge in [-0.1, -0.05) is 45.9 Å². The van der Waals surface area contributed by atoms with E-state index in [1.165, 1.54) is 20.5 Å². The topological polar surface area (TPSA) is 102 Å². The van der Waals surface area contributed by atoms with Crippen LogP contribution in [0.15, 0.2) is 40.9 Å². The Hall–Kier alpha value is -3.27. The molecule has 146 valence electrons. The van der Waals surface area contributed by atoms with Crippen LogP contribution >= 0.6 is 11.3 Å². The number of nitrogens with one attached hydrogen (secondary N) is 1. The number of aryl methyl sites for hydroxylation is 1. The van der Waals surface area contributed by atoms with Gasteiger partial charge < -0.3 is 15.0 Å². The van der Waals surface area contributed by atoms with Gasteiger partial charge in [0.25, 0.3) is 5.91 Å². The second-order valence-corrected chi connectivity index (χ2v) is 6.87. The Kier molecular flexibility index (Phi) is 6.33. The first-order chi connectivity index (χ1) is 13.7. The van der Waals surface area contributed by atoms with Crippen molar-refractivity contribution < 1.29 is 14.5 Å². The first-order valence-corrected chi connectivity index (χ1v) is 9.30. The third-order valence-electron chi connectivity index (χ3n) is 3.97. The van der Waals surface area contributed by atoms with Crippen LogP contribution in [-0.2, 0) is 27.5 Å². The second-order valence-electron chi connectivity index (χ2n) is 5.68. The van der Waals surface area contributed by atoms with Crippen molar-refractivity contribution >= 4 is 34.1 Å². The average Bonchev–Trinajstić information content (AvgIpc) is 3.27. The van der Waals surface area contributed by atoms with Crippen molar-refractivity contribution in [3.05, 3.63) is 52.3 Å². The van der Waals surface area contributed by atoms with E-state index in [4.69, 9.17) is 9.68 Å². The molecule has 1 aromatic carbocycles. The number of likely N-dealkylation sites (N-methyl/N-ethyl adjacent to an activating group) is 1. The molecule has 28 heavy (non-hydrogen) atoms. The van der Waals surface area contributed by atoms with Crippen LogP contribution in [0.1, 0.15) is 21.7 Å². The number of carbonyl (C=O) groups excluding carboxylic acids is 1. The summed E-state index contributed by atoms with van der Waals surface area (Å²) in [5.41, 5.74) is 2.59. The van der Waals surface area contributed by atoms with Gasteiger partial charge in [-0.25, -0.2) is 9.50 Å². The maximum atomic E-state index is 12.1. The van der Waals surface area contributed by atoms with E-state index < -0.39 is 0 Å². The summed E-state index contributed by atoms with van der Waals surface area (Å²) < 4.78 is 1.80. The molecule has 0 bridgehead atoms. The van der Waals surface area contributed by atoms with Gasteiger partial charge in [0.05, 0.1) is 5.69 Å². The largest absolute Gasteiger partial charge is 0.398 e. The van der Waals surface area contributed by atoms with Gasteiger partial charge in [0, 0.05) is 35.7 Å². The highest BCUT2D eigenvalue weighted by atomic mass is 32.1. The molecule has 3 aromatic rings. The Labute approximate surface area is 165 Å². The highest BCUT2D eigenvalue weighted by Gasteiger charge is 2.17. The van der Waals surface area contributed by atoms with Gasteiger partial charge in [0.15, 0.2) is 5.71 Å². The molecule has 0 atom stereocenters. The lowest BCUT2D eigenvalue weighted by atomic mass is 10.0. The fourth-order valence-electron chi connectivity index (χ4n) is 2.64. The van der Waals surface area contributed by atoms with Gasteiger partial charge >= 0.3 is 0 Å². The van der Waals surface area contributed by atoms with Crippen LogP contribution in [0.2, 0.25) is 0 Å². The molecule has 0 aliphatic heterocycles. The number of hydrogen-bond donors (Lipinski definition) is 1. The lowest BCUT2D eigenvalue weighted by Crippen LogP contribution is -2.29. The Bertz CT molecular complexity index is 1020. The number of aromatic nitrogens is 3. The number of carbonyl (C=O) groups is 1. The average molecular weight is 400 g/mol. The Morgan fingerprint density at radius 2 is 2.21 bits per heavy atom. The smallest absolute Gasteiger partial charge is 0.273 e. The highest BCUT2D eigenvalue weighted by Crippen LogP contribution is 2.20. The normalized spacial score (nSPS) is 11.9. The minimum Gasteiger partial charge on any atom is -0.398 e. The molecule has 0 unspecified atom stereocenters.